The lowest BCUT2D eigenvalue weighted by Gasteiger charge is -1.89. The highest BCUT2D eigenvalue weighted by molar-refractivity contribution is 5.84. The molecule has 0 fully saturated rings. The summed E-state index contributed by atoms with van der Waals surface area (Å²) in [4.78, 5) is 34.9. The molecule has 0 saturated heterocycles. The summed E-state index contributed by atoms with van der Waals surface area (Å²) in [5.41, 5.74) is -1.97. The van der Waals surface area contributed by atoms with Crippen LogP contribution in [0.2, 0.25) is 0 Å². The average Bonchev–Trinajstić information content (AvgIpc) is 1.85. The first-order valence-corrected chi connectivity index (χ1v) is 2.66. The van der Waals surface area contributed by atoms with E-state index in [4.69, 9.17) is 5.11 Å². The van der Waals surface area contributed by atoms with Crippen LogP contribution in [-0.2, 0) is 0 Å². The van der Waals surface area contributed by atoms with Gasteiger partial charge in [-0.15, -0.1) is 0 Å². The lowest BCUT2D eigenvalue weighted by molar-refractivity contribution is 0.0689. The van der Waals surface area contributed by atoms with E-state index in [0.29, 0.717) is 0 Å². The van der Waals surface area contributed by atoms with E-state index in [2.05, 4.69) is 0 Å². The number of aromatic amines is 2. The van der Waals surface area contributed by atoms with Crippen molar-refractivity contribution in [2.24, 2.45) is 0 Å². The predicted molar refractivity (Wildman–Crippen MR) is 34.6 cm³/mol. The van der Waals surface area contributed by atoms with E-state index in [1.807, 2.05) is 9.97 Å². The molecule has 6 heteroatoms. The number of rotatable bonds is 1. The summed E-state index contributed by atoms with van der Waals surface area (Å²) in [6.45, 7) is 0. The highest BCUT2D eigenvalue weighted by Gasteiger charge is 2.03. The number of aromatic nitrogens is 2. The summed E-state index contributed by atoms with van der Waals surface area (Å²) in [5.74, 6) is -1.34. The molecule has 1 aromatic heterocycles. The smallest absolute Gasteiger partial charge is 0.352 e. The van der Waals surface area contributed by atoms with Crippen LogP contribution in [0, 0.1) is 0 Å². The average molecular weight is 158 g/mol. The van der Waals surface area contributed by atoms with Crippen LogP contribution in [-0.4, -0.2) is 21.0 Å². The summed E-state index contributed by atoms with van der Waals surface area (Å²) in [5, 5.41) is 8.31. The predicted octanol–water partition coefficient (Wildman–Crippen LogP) is -1.24. The van der Waals surface area contributed by atoms with Gasteiger partial charge in [-0.25, -0.2) is 9.59 Å². The van der Waals surface area contributed by atoms with Crippen molar-refractivity contribution in [3.63, 3.8) is 0 Å². The number of carboxylic acid groups (broad SMARTS) is 1. The molecule has 0 aliphatic heterocycles. The third-order valence-corrected chi connectivity index (χ3v) is 0.991. The molecule has 0 unspecified atom stereocenters. The van der Waals surface area contributed by atoms with Gasteiger partial charge in [-0.3, -0.25) is 9.78 Å². The van der Waals surface area contributed by atoms with Crippen molar-refractivity contribution in [1.82, 2.24) is 9.97 Å². The Morgan fingerprint density at radius 1 is 1.36 bits per heavy atom. The van der Waals surface area contributed by atoms with Gasteiger partial charge < -0.3 is 10.1 Å². The van der Waals surface area contributed by atoms with Gasteiger partial charge in [0.2, 0.25) is 0 Å². The van der Waals surface area contributed by atoms with Gasteiger partial charge in [0.25, 0.3) is 5.56 Å². The van der Waals surface area contributed by atoms with Crippen molar-refractivity contribution >= 4 is 5.97 Å². The van der Waals surface area contributed by atoms with E-state index < -0.39 is 22.9 Å². The number of H-pyrrole nitrogens is 2. The molecule has 1 aromatic rings. The van der Waals surface area contributed by atoms with Crippen molar-refractivity contribution in [1.29, 1.82) is 0 Å². The molecule has 11 heavy (non-hydrogen) atoms. The summed E-state index contributed by atoms with van der Waals surface area (Å²) in [6, 6.07) is 0.795. The first-order valence-electron chi connectivity index (χ1n) is 2.66. The topological polar surface area (TPSA) is 103 Å². The van der Waals surface area contributed by atoms with E-state index in [-0.39, 0.29) is 0 Å². The van der Waals surface area contributed by atoms with Crippen LogP contribution in [0.3, 0.4) is 0 Å². The van der Waals surface area contributed by atoms with Crippen LogP contribution in [0.1, 0.15) is 10.5 Å². The van der Waals surface area contributed by atoms with Gasteiger partial charge in [-0.2, -0.15) is 0 Å². The van der Waals surface area contributed by atoms with Gasteiger partial charge in [0.15, 0.2) is 0 Å². The monoisotopic (exact) mass is 158 g/mol. The Hall–Kier alpha value is -1.85. The molecule has 0 atom stereocenters. The molecule has 6 nitrogen and oxygen atoms in total. The summed E-state index contributed by atoms with van der Waals surface area (Å²) in [7, 11) is 0. The minimum atomic E-state index is -1.34. The van der Waals surface area contributed by atoms with Gasteiger partial charge >= 0.3 is 11.7 Å². The number of aromatic carboxylic acids is 1. The van der Waals surface area contributed by atoms with Crippen LogP contribution in [0.5, 0.6) is 0 Å². The zero-order chi connectivity index (χ0) is 8.43. The fraction of sp³-hybridized carbons (Fsp3) is 0. The Labute approximate surface area is 59.5 Å². The van der Waals surface area contributed by atoms with E-state index in [1.54, 1.807) is 0 Å². The van der Waals surface area contributed by atoms with Crippen molar-refractivity contribution in [2.75, 3.05) is 0 Å². The fourth-order valence-electron chi connectivity index (χ4n) is 0.584. The lowest BCUT2D eigenvalue weighted by Crippen LogP contribution is -2.24. The highest BCUT2D eigenvalue weighted by Crippen LogP contribution is 1.81. The van der Waals surface area contributed by atoms with Crippen LogP contribution in [0.25, 0.3) is 0 Å². The summed E-state index contributed by atoms with van der Waals surface area (Å²) in [6.07, 6.45) is 0. The van der Waals surface area contributed by atoms with Gasteiger partial charge in [0, 0.05) is 6.07 Å². The maximum Gasteiger partial charge on any atom is 0.352 e. The number of hydrogen-bond donors (Lipinski definition) is 3. The molecule has 0 radical (unpaired) electrons. The van der Waals surface area contributed by atoms with Crippen molar-refractivity contribution in [3.05, 3.63) is 32.6 Å². The quantitative estimate of drug-likeness (QED) is 0.475. The lowest BCUT2D eigenvalue weighted by atomic mass is 10.6. The molecule has 0 bridgehead atoms. The second kappa shape index (κ2) is 2.41. The maximum atomic E-state index is 10.5. The third kappa shape index (κ3) is 1.54. The van der Waals surface area contributed by atoms with Gasteiger partial charge in [-0.05, 0) is 0 Å². The molecule has 0 spiro atoms. The van der Waals surface area contributed by atoms with E-state index >= 15 is 0 Å². The normalized spacial score (nSPS) is 9.45. The Bertz CT molecular complexity index is 360. The molecule has 0 amide bonds. The van der Waals surface area contributed by atoms with Crippen LogP contribution >= 0.6 is 0 Å². The Balaban J connectivity index is 3.42. The first kappa shape index (κ1) is 7.26. The molecular weight excluding hydrogens is 154 g/mol. The Kier molecular flexibility index (Phi) is 1.59. The van der Waals surface area contributed by atoms with E-state index in [9.17, 15) is 14.4 Å². The fourth-order valence-corrected chi connectivity index (χ4v) is 0.584. The maximum absolute atomic E-state index is 10.5. The molecule has 3 N–H and O–H groups in total. The van der Waals surface area contributed by atoms with E-state index in [1.165, 1.54) is 0 Å². The third-order valence-electron chi connectivity index (χ3n) is 0.991. The minimum Gasteiger partial charge on any atom is -0.477 e. The number of nitrogens with one attached hydrogen (secondary N) is 2. The Morgan fingerprint density at radius 3 is 2.45 bits per heavy atom. The molecular formula is C5H4N2O4. The molecule has 0 aliphatic rings. The van der Waals surface area contributed by atoms with Crippen molar-refractivity contribution in [3.8, 4) is 0 Å². The zero-order valence-corrected chi connectivity index (χ0v) is 5.25. The molecule has 1 rings (SSSR count). The largest absolute Gasteiger partial charge is 0.477 e. The van der Waals surface area contributed by atoms with Gasteiger partial charge in [0.1, 0.15) is 5.69 Å². The Morgan fingerprint density at radius 2 is 2.00 bits per heavy atom. The molecule has 0 aromatic carbocycles. The number of hydrogen-bond acceptors (Lipinski definition) is 3. The summed E-state index contributed by atoms with van der Waals surface area (Å²) < 4.78 is 0. The number of carboxylic acids is 1. The van der Waals surface area contributed by atoms with Crippen molar-refractivity contribution < 1.29 is 9.90 Å². The molecule has 0 aliphatic carbocycles. The summed E-state index contributed by atoms with van der Waals surface area (Å²) >= 11 is 0. The molecule has 0 saturated carbocycles. The van der Waals surface area contributed by atoms with Crippen LogP contribution < -0.4 is 11.2 Å². The van der Waals surface area contributed by atoms with Gasteiger partial charge in [0.05, 0.1) is 0 Å². The highest BCUT2D eigenvalue weighted by atomic mass is 16.6. The standard InChI is InChI=1S/C5H4N2O4/c8-3-1-2(4(9)10)6-5(11)7-3/h1H,(H,9,10)(H2,6,7,8,11)/i4+2. The van der Waals surface area contributed by atoms with Crippen LogP contribution in [0.15, 0.2) is 15.7 Å². The number of carbonyl (C=O) groups is 1. The van der Waals surface area contributed by atoms with Crippen LogP contribution in [0.4, 0.5) is 0 Å². The van der Waals surface area contributed by atoms with E-state index in [0.717, 1.165) is 6.07 Å². The second-order valence-corrected chi connectivity index (χ2v) is 1.81. The zero-order valence-electron chi connectivity index (χ0n) is 5.25. The first-order chi connectivity index (χ1) is 5.09. The SMILES string of the molecule is O=c1cc([14C](=O)O)[nH]c(=O)[nH]1. The molecule has 1 heterocycles. The second-order valence-electron chi connectivity index (χ2n) is 1.81. The molecule has 58 valence electrons. The van der Waals surface area contributed by atoms with Gasteiger partial charge in [-0.1, -0.05) is 0 Å². The minimum absolute atomic E-state index is 0.418. The van der Waals surface area contributed by atoms with Crippen molar-refractivity contribution in [2.45, 2.75) is 0 Å².